The van der Waals surface area contributed by atoms with Gasteiger partial charge in [-0.15, -0.1) is 0 Å². The number of aryl methyl sites for hydroxylation is 1. The van der Waals surface area contributed by atoms with E-state index in [1.807, 2.05) is 48.5 Å². The number of furan rings is 1. The van der Waals surface area contributed by atoms with Crippen LogP contribution in [0.15, 0.2) is 52.9 Å². The quantitative estimate of drug-likeness (QED) is 0.603. The van der Waals surface area contributed by atoms with Crippen molar-refractivity contribution in [2.24, 2.45) is 0 Å². The minimum absolute atomic E-state index is 0.0182. The van der Waals surface area contributed by atoms with Crippen LogP contribution in [-0.4, -0.2) is 55.8 Å². The van der Waals surface area contributed by atoms with Crippen LogP contribution in [0.25, 0.3) is 22.1 Å². The molecule has 0 unspecified atom stereocenters. The smallest absolute Gasteiger partial charge is 0.264 e. The van der Waals surface area contributed by atoms with Gasteiger partial charge in [0.2, 0.25) is 0 Å². The number of hydrogen-bond acceptors (Lipinski definition) is 5. The predicted molar refractivity (Wildman–Crippen MR) is 113 cm³/mol. The van der Waals surface area contributed by atoms with Gasteiger partial charge in [0.1, 0.15) is 11.3 Å². The molecule has 1 aliphatic rings. The summed E-state index contributed by atoms with van der Waals surface area (Å²) in [5, 5.41) is 0.919. The Hall–Kier alpha value is -2.68. The Balaban J connectivity index is 1.48. The Morgan fingerprint density at radius 1 is 1.00 bits per heavy atom. The molecule has 1 saturated heterocycles. The van der Waals surface area contributed by atoms with Crippen LogP contribution in [0.2, 0.25) is 0 Å². The number of benzene rings is 2. The summed E-state index contributed by atoms with van der Waals surface area (Å²) in [6, 6.07) is 15.3. The zero-order chi connectivity index (χ0) is 21.1. The van der Waals surface area contributed by atoms with Crippen LogP contribution >= 0.6 is 0 Å². The molecule has 30 heavy (non-hydrogen) atoms. The highest BCUT2D eigenvalue weighted by molar-refractivity contribution is 7.85. The highest BCUT2D eigenvalue weighted by Gasteiger charge is 2.18. The number of rotatable bonds is 6. The number of fused-ring (bicyclic) bond motifs is 1. The van der Waals surface area contributed by atoms with Crippen LogP contribution in [-0.2, 0) is 21.3 Å². The number of carbonyl (C=O) groups excluding carboxylic acids is 1. The van der Waals surface area contributed by atoms with Gasteiger partial charge in [0.25, 0.3) is 16.0 Å². The van der Waals surface area contributed by atoms with E-state index in [2.05, 4.69) is 0 Å². The van der Waals surface area contributed by atoms with Gasteiger partial charge >= 0.3 is 0 Å². The summed E-state index contributed by atoms with van der Waals surface area (Å²) < 4.78 is 41.6. The molecule has 2 heterocycles. The zero-order valence-electron chi connectivity index (χ0n) is 16.4. The van der Waals surface area contributed by atoms with E-state index in [4.69, 9.17) is 13.7 Å². The Bertz CT molecular complexity index is 1140. The first-order valence-corrected chi connectivity index (χ1v) is 11.4. The maximum Gasteiger partial charge on any atom is 0.264 e. The first kappa shape index (κ1) is 20.6. The van der Waals surface area contributed by atoms with Gasteiger partial charge in [-0.1, -0.05) is 18.2 Å². The Kier molecular flexibility index (Phi) is 5.90. The largest absolute Gasteiger partial charge is 0.461 e. The average molecular weight is 429 g/mol. The molecule has 1 fully saturated rings. The highest BCUT2D eigenvalue weighted by Crippen LogP contribution is 2.27. The second kappa shape index (κ2) is 8.59. The van der Waals surface area contributed by atoms with Gasteiger partial charge < -0.3 is 14.1 Å². The molecule has 0 radical (unpaired) electrons. The van der Waals surface area contributed by atoms with E-state index in [1.54, 1.807) is 4.90 Å². The van der Waals surface area contributed by atoms with Gasteiger partial charge in [0, 0.05) is 30.5 Å². The van der Waals surface area contributed by atoms with E-state index in [9.17, 15) is 13.2 Å². The molecule has 0 spiro atoms. The molecule has 0 atom stereocenters. The van der Waals surface area contributed by atoms with Crippen LogP contribution in [0.1, 0.15) is 22.5 Å². The van der Waals surface area contributed by atoms with Crippen molar-refractivity contribution in [1.29, 1.82) is 0 Å². The molecule has 4 rings (SSSR count). The summed E-state index contributed by atoms with van der Waals surface area (Å²) in [7, 11) is -3.96. The molecule has 1 aliphatic heterocycles. The van der Waals surface area contributed by atoms with E-state index in [0.29, 0.717) is 50.5 Å². The SMILES string of the molecule is O=C(c1ccc(-c2ccc3oc(CCCS(=O)(=O)O)cc3c2)cc1)N1CCOCC1. The van der Waals surface area contributed by atoms with Crippen molar-refractivity contribution in [3.05, 3.63) is 59.9 Å². The monoisotopic (exact) mass is 429 g/mol. The van der Waals surface area contributed by atoms with Crippen LogP contribution in [0.3, 0.4) is 0 Å². The van der Waals surface area contributed by atoms with Crippen molar-refractivity contribution in [2.75, 3.05) is 32.1 Å². The second-order valence-electron chi connectivity index (χ2n) is 7.34. The third kappa shape index (κ3) is 4.89. The van der Waals surface area contributed by atoms with Crippen LogP contribution in [0.5, 0.6) is 0 Å². The summed E-state index contributed by atoms with van der Waals surface area (Å²) in [5.41, 5.74) is 3.37. The number of nitrogens with zero attached hydrogens (tertiary/aromatic N) is 1. The number of morpholine rings is 1. The average Bonchev–Trinajstić information content (AvgIpc) is 3.15. The van der Waals surface area contributed by atoms with Crippen molar-refractivity contribution in [3.8, 4) is 11.1 Å². The van der Waals surface area contributed by atoms with E-state index < -0.39 is 10.1 Å². The number of ether oxygens (including phenoxy) is 1. The number of carbonyl (C=O) groups is 1. The normalized spacial score (nSPS) is 14.9. The van der Waals surface area contributed by atoms with E-state index in [-0.39, 0.29) is 11.7 Å². The molecule has 1 aromatic heterocycles. The summed E-state index contributed by atoms with van der Waals surface area (Å²) in [6.45, 7) is 2.38. The van der Waals surface area contributed by atoms with Crippen molar-refractivity contribution in [3.63, 3.8) is 0 Å². The summed E-state index contributed by atoms with van der Waals surface area (Å²) in [5.74, 6) is 0.409. The van der Waals surface area contributed by atoms with Gasteiger partial charge in [-0.3, -0.25) is 9.35 Å². The standard InChI is InChI=1S/C22H23NO6S/c24-22(23-9-11-28-12-10-23)17-5-3-16(4-6-17)18-7-8-21-19(14-18)15-20(29-21)2-1-13-30(25,26)27/h3-8,14-15H,1-2,9-13H2,(H,25,26,27). The Morgan fingerprint density at radius 3 is 2.40 bits per heavy atom. The maximum atomic E-state index is 12.6. The van der Waals surface area contributed by atoms with Crippen molar-refractivity contribution in [1.82, 2.24) is 4.90 Å². The fourth-order valence-corrected chi connectivity index (χ4v) is 4.09. The molecular weight excluding hydrogens is 406 g/mol. The lowest BCUT2D eigenvalue weighted by Gasteiger charge is -2.26. The fourth-order valence-electron chi connectivity index (χ4n) is 3.58. The Morgan fingerprint density at radius 2 is 1.70 bits per heavy atom. The first-order chi connectivity index (χ1) is 14.4. The molecule has 7 nitrogen and oxygen atoms in total. The van der Waals surface area contributed by atoms with E-state index >= 15 is 0 Å². The molecule has 2 aromatic carbocycles. The fraction of sp³-hybridized carbons (Fsp3) is 0.318. The summed E-state index contributed by atoms with van der Waals surface area (Å²) in [6.07, 6.45) is 0.728. The third-order valence-corrected chi connectivity index (χ3v) is 5.96. The van der Waals surface area contributed by atoms with Crippen molar-refractivity contribution in [2.45, 2.75) is 12.8 Å². The molecule has 1 N–H and O–H groups in total. The predicted octanol–water partition coefficient (Wildman–Crippen LogP) is 3.39. The minimum Gasteiger partial charge on any atom is -0.461 e. The molecule has 0 saturated carbocycles. The van der Waals surface area contributed by atoms with Crippen LogP contribution in [0.4, 0.5) is 0 Å². The molecule has 0 aliphatic carbocycles. The van der Waals surface area contributed by atoms with Gasteiger partial charge in [0.05, 0.1) is 19.0 Å². The maximum absolute atomic E-state index is 12.6. The number of hydrogen-bond donors (Lipinski definition) is 1. The lowest BCUT2D eigenvalue weighted by molar-refractivity contribution is 0.0303. The van der Waals surface area contributed by atoms with E-state index in [0.717, 1.165) is 22.1 Å². The topological polar surface area (TPSA) is 97.0 Å². The van der Waals surface area contributed by atoms with Crippen LogP contribution < -0.4 is 0 Å². The first-order valence-electron chi connectivity index (χ1n) is 9.84. The highest BCUT2D eigenvalue weighted by atomic mass is 32.2. The van der Waals surface area contributed by atoms with E-state index in [1.165, 1.54) is 0 Å². The van der Waals surface area contributed by atoms with Crippen molar-refractivity contribution < 1.29 is 26.9 Å². The van der Waals surface area contributed by atoms with Gasteiger partial charge in [-0.05, 0) is 47.9 Å². The molecule has 1 amide bonds. The summed E-state index contributed by atoms with van der Waals surface area (Å²) >= 11 is 0. The van der Waals surface area contributed by atoms with Gasteiger partial charge in [0.15, 0.2) is 0 Å². The van der Waals surface area contributed by atoms with Gasteiger partial charge in [-0.25, -0.2) is 0 Å². The molecule has 8 heteroatoms. The molecule has 3 aromatic rings. The van der Waals surface area contributed by atoms with Crippen LogP contribution in [0, 0.1) is 0 Å². The molecular formula is C22H23NO6S. The third-order valence-electron chi connectivity index (χ3n) is 5.16. The number of amides is 1. The molecule has 158 valence electrons. The lowest BCUT2D eigenvalue weighted by Crippen LogP contribution is -2.40. The molecule has 0 bridgehead atoms. The second-order valence-corrected chi connectivity index (χ2v) is 8.91. The van der Waals surface area contributed by atoms with Gasteiger partial charge in [-0.2, -0.15) is 8.42 Å². The Labute approximate surface area is 175 Å². The zero-order valence-corrected chi connectivity index (χ0v) is 17.2. The summed E-state index contributed by atoms with van der Waals surface area (Å²) in [4.78, 5) is 14.4. The minimum atomic E-state index is -3.96. The lowest BCUT2D eigenvalue weighted by atomic mass is 10.0. The van der Waals surface area contributed by atoms with Crippen molar-refractivity contribution >= 4 is 27.0 Å².